The Labute approximate surface area is 199 Å². The van der Waals surface area contributed by atoms with Gasteiger partial charge in [-0.2, -0.15) is 0 Å². The number of rotatable bonds is 8. The first-order valence-electron chi connectivity index (χ1n) is 10.6. The highest BCUT2D eigenvalue weighted by Gasteiger charge is 2.31. The van der Waals surface area contributed by atoms with Crippen molar-refractivity contribution in [2.45, 2.75) is 32.4 Å². The number of hydrogen-bond acceptors (Lipinski definition) is 4. The van der Waals surface area contributed by atoms with Crippen molar-refractivity contribution in [1.29, 1.82) is 0 Å². The Balaban J connectivity index is 1.43. The van der Waals surface area contributed by atoms with Crippen LogP contribution in [0.25, 0.3) is 0 Å². The first kappa shape index (κ1) is 24.8. The van der Waals surface area contributed by atoms with Crippen molar-refractivity contribution in [2.75, 3.05) is 26.2 Å². The number of piperidine rings is 1. The summed E-state index contributed by atoms with van der Waals surface area (Å²) >= 11 is 12.0. The van der Waals surface area contributed by atoms with Crippen molar-refractivity contribution in [3.8, 4) is 5.75 Å². The topological polar surface area (TPSA) is 75.7 Å². The van der Waals surface area contributed by atoms with Gasteiger partial charge in [0.25, 0.3) is 0 Å². The van der Waals surface area contributed by atoms with Gasteiger partial charge in [-0.3, -0.25) is 4.79 Å². The molecule has 0 spiro atoms. The van der Waals surface area contributed by atoms with E-state index in [4.69, 9.17) is 27.9 Å². The molecule has 2 aromatic rings. The van der Waals surface area contributed by atoms with E-state index >= 15 is 0 Å². The summed E-state index contributed by atoms with van der Waals surface area (Å²) in [7, 11) is -3.52. The lowest BCUT2D eigenvalue weighted by Crippen LogP contribution is -2.44. The molecule has 9 heteroatoms. The van der Waals surface area contributed by atoms with Crippen LogP contribution in [0.1, 0.15) is 29.5 Å². The summed E-state index contributed by atoms with van der Waals surface area (Å²) in [6.45, 7) is 5.47. The van der Waals surface area contributed by atoms with Gasteiger partial charge in [-0.05, 0) is 67.6 Å². The van der Waals surface area contributed by atoms with Crippen LogP contribution in [0.15, 0.2) is 36.4 Å². The third kappa shape index (κ3) is 6.61. The van der Waals surface area contributed by atoms with Crippen molar-refractivity contribution in [2.24, 2.45) is 5.92 Å². The van der Waals surface area contributed by atoms with Crippen molar-refractivity contribution in [3.63, 3.8) is 0 Å². The summed E-state index contributed by atoms with van der Waals surface area (Å²) in [5.41, 5.74) is 2.88. The Morgan fingerprint density at radius 3 is 2.47 bits per heavy atom. The fourth-order valence-electron chi connectivity index (χ4n) is 3.61. The van der Waals surface area contributed by atoms with Crippen LogP contribution >= 0.6 is 23.2 Å². The van der Waals surface area contributed by atoms with Gasteiger partial charge in [0.1, 0.15) is 12.4 Å². The summed E-state index contributed by atoms with van der Waals surface area (Å²) in [6.07, 6.45) is 0.967. The highest BCUT2D eigenvalue weighted by Crippen LogP contribution is 2.26. The zero-order valence-corrected chi connectivity index (χ0v) is 20.6. The molecule has 1 N–H and O–H groups in total. The van der Waals surface area contributed by atoms with Gasteiger partial charge in [-0.1, -0.05) is 35.3 Å². The van der Waals surface area contributed by atoms with Crippen molar-refractivity contribution < 1.29 is 17.9 Å². The zero-order chi connectivity index (χ0) is 23.3. The molecule has 0 radical (unpaired) electrons. The molecule has 1 fully saturated rings. The van der Waals surface area contributed by atoms with E-state index in [0.29, 0.717) is 54.7 Å². The van der Waals surface area contributed by atoms with Crippen LogP contribution in [-0.4, -0.2) is 44.9 Å². The summed E-state index contributed by atoms with van der Waals surface area (Å²) < 4.78 is 32.7. The second-order valence-electron chi connectivity index (χ2n) is 8.05. The average molecular weight is 499 g/mol. The second kappa shape index (κ2) is 10.9. The van der Waals surface area contributed by atoms with Crippen LogP contribution in [0.2, 0.25) is 10.0 Å². The number of ether oxygens (including phenoxy) is 1. The molecule has 0 aromatic heterocycles. The maximum absolute atomic E-state index is 12.8. The van der Waals surface area contributed by atoms with E-state index in [-0.39, 0.29) is 17.6 Å². The molecule has 1 heterocycles. The largest absolute Gasteiger partial charge is 0.492 e. The molecule has 32 heavy (non-hydrogen) atoms. The molecule has 0 saturated carbocycles. The Morgan fingerprint density at radius 2 is 1.81 bits per heavy atom. The molecule has 2 aromatic carbocycles. The predicted octanol–water partition coefficient (Wildman–Crippen LogP) is 4.35. The smallest absolute Gasteiger partial charge is 0.223 e. The summed E-state index contributed by atoms with van der Waals surface area (Å²) in [6, 6.07) is 10.7. The third-order valence-corrected chi connectivity index (χ3v) is 8.13. The number of aryl methyl sites for hydroxylation is 2. The first-order valence-corrected chi connectivity index (χ1v) is 12.9. The van der Waals surface area contributed by atoms with Crippen LogP contribution in [0, 0.1) is 19.8 Å². The molecule has 1 amide bonds. The Bertz CT molecular complexity index is 1070. The highest BCUT2D eigenvalue weighted by molar-refractivity contribution is 7.88. The first-order chi connectivity index (χ1) is 15.2. The van der Waals surface area contributed by atoms with Crippen LogP contribution in [0.4, 0.5) is 0 Å². The minimum absolute atomic E-state index is 0.0634. The lowest BCUT2D eigenvalue weighted by molar-refractivity contribution is -0.126. The minimum Gasteiger partial charge on any atom is -0.492 e. The van der Waals surface area contributed by atoms with Gasteiger partial charge in [-0.25, -0.2) is 12.7 Å². The quantitative estimate of drug-likeness (QED) is 0.549. The Kier molecular flexibility index (Phi) is 8.44. The Hall–Kier alpha value is -1.80. The normalized spacial score (nSPS) is 15.5. The molecule has 1 saturated heterocycles. The molecule has 0 bridgehead atoms. The molecular weight excluding hydrogens is 471 g/mol. The summed E-state index contributed by atoms with van der Waals surface area (Å²) in [4.78, 5) is 12.5. The van der Waals surface area contributed by atoms with E-state index in [1.54, 1.807) is 12.1 Å². The standard InChI is InChI=1S/C23H28Cl2N2O4S/c1-16-3-6-21(13-17(16)2)31-12-9-26-23(28)18-7-10-27(11-8-18)32(29,30)15-19-4-5-20(24)14-22(19)25/h3-6,13-14,18H,7-12,15H2,1-2H3,(H,26,28). The number of carbonyl (C=O) groups excluding carboxylic acids is 1. The van der Waals surface area contributed by atoms with Crippen molar-refractivity contribution in [3.05, 3.63) is 63.1 Å². The SMILES string of the molecule is Cc1ccc(OCCNC(=O)C2CCN(S(=O)(=O)Cc3ccc(Cl)cc3Cl)CC2)cc1C. The number of nitrogens with one attached hydrogen (secondary N) is 1. The molecule has 0 atom stereocenters. The number of halogens is 2. The molecule has 6 nitrogen and oxygen atoms in total. The maximum Gasteiger partial charge on any atom is 0.223 e. The maximum atomic E-state index is 12.8. The number of nitrogens with zero attached hydrogens (tertiary/aromatic N) is 1. The monoisotopic (exact) mass is 498 g/mol. The van der Waals surface area contributed by atoms with E-state index in [0.717, 1.165) is 11.3 Å². The van der Waals surface area contributed by atoms with Gasteiger partial charge in [0.15, 0.2) is 0 Å². The van der Waals surface area contributed by atoms with E-state index < -0.39 is 10.0 Å². The van der Waals surface area contributed by atoms with Gasteiger partial charge < -0.3 is 10.1 Å². The second-order valence-corrected chi connectivity index (χ2v) is 10.9. The molecule has 0 aliphatic carbocycles. The zero-order valence-electron chi connectivity index (χ0n) is 18.2. The Morgan fingerprint density at radius 1 is 1.09 bits per heavy atom. The van der Waals surface area contributed by atoms with Crippen LogP contribution in [-0.2, 0) is 20.6 Å². The fourth-order valence-corrected chi connectivity index (χ4v) is 5.76. The van der Waals surface area contributed by atoms with Crippen molar-refractivity contribution in [1.82, 2.24) is 9.62 Å². The third-order valence-electron chi connectivity index (χ3n) is 5.72. The van der Waals surface area contributed by atoms with E-state index in [2.05, 4.69) is 5.32 Å². The lowest BCUT2D eigenvalue weighted by Gasteiger charge is -2.30. The molecule has 0 unspecified atom stereocenters. The van der Waals surface area contributed by atoms with E-state index in [1.165, 1.54) is 15.9 Å². The van der Waals surface area contributed by atoms with Gasteiger partial charge in [-0.15, -0.1) is 0 Å². The molecule has 3 rings (SSSR count). The van der Waals surface area contributed by atoms with Gasteiger partial charge in [0, 0.05) is 29.1 Å². The summed E-state index contributed by atoms with van der Waals surface area (Å²) in [5, 5.41) is 3.69. The number of amides is 1. The summed E-state index contributed by atoms with van der Waals surface area (Å²) in [5.74, 6) is 0.325. The fraction of sp³-hybridized carbons (Fsp3) is 0.435. The minimum atomic E-state index is -3.52. The number of carbonyl (C=O) groups is 1. The van der Waals surface area contributed by atoms with Crippen LogP contribution < -0.4 is 10.1 Å². The number of hydrogen-bond donors (Lipinski definition) is 1. The molecule has 174 valence electrons. The van der Waals surface area contributed by atoms with E-state index in [9.17, 15) is 13.2 Å². The van der Waals surface area contributed by atoms with Gasteiger partial charge in [0.2, 0.25) is 15.9 Å². The van der Waals surface area contributed by atoms with Crippen LogP contribution in [0.5, 0.6) is 5.75 Å². The lowest BCUT2D eigenvalue weighted by atomic mass is 9.97. The average Bonchev–Trinajstić information content (AvgIpc) is 2.75. The van der Waals surface area contributed by atoms with Gasteiger partial charge >= 0.3 is 0 Å². The number of sulfonamides is 1. The number of benzene rings is 2. The predicted molar refractivity (Wildman–Crippen MR) is 128 cm³/mol. The van der Waals surface area contributed by atoms with Crippen LogP contribution in [0.3, 0.4) is 0 Å². The van der Waals surface area contributed by atoms with Crippen molar-refractivity contribution >= 4 is 39.1 Å². The molecule has 1 aliphatic heterocycles. The highest BCUT2D eigenvalue weighted by atomic mass is 35.5. The molecular formula is C23H28Cl2N2O4S. The van der Waals surface area contributed by atoms with Gasteiger partial charge in [0.05, 0.1) is 12.3 Å². The molecule has 1 aliphatic rings. The van der Waals surface area contributed by atoms with E-state index in [1.807, 2.05) is 32.0 Å².